The number of non-ortho nitro benzene ring substituents is 2. The van der Waals surface area contributed by atoms with E-state index in [1.54, 1.807) is 6.92 Å². The molecule has 0 aliphatic rings. The fraction of sp³-hybridized carbons (Fsp3) is 0.176. The van der Waals surface area contributed by atoms with Gasteiger partial charge in [-0.3, -0.25) is 25.0 Å². The number of methoxy groups -OCH3 is 1. The summed E-state index contributed by atoms with van der Waals surface area (Å²) in [5.41, 5.74) is -1.51. The van der Waals surface area contributed by atoms with Crippen molar-refractivity contribution in [3.05, 3.63) is 66.7 Å². The number of hydrogen-bond donors (Lipinski definition) is 1. The van der Waals surface area contributed by atoms with Crippen LogP contribution in [0.2, 0.25) is 5.02 Å². The van der Waals surface area contributed by atoms with Crippen LogP contribution in [-0.2, 0) is 4.74 Å². The van der Waals surface area contributed by atoms with E-state index in [2.05, 4.69) is 5.32 Å². The first kappa shape index (κ1) is 21.6. The van der Waals surface area contributed by atoms with Crippen molar-refractivity contribution in [3.8, 4) is 5.75 Å². The van der Waals surface area contributed by atoms with Crippen LogP contribution in [0.3, 0.4) is 0 Å². The predicted octanol–water partition coefficient (Wildman–Crippen LogP) is 3.59. The summed E-state index contributed by atoms with van der Waals surface area (Å²) in [6.07, 6.45) is 0. The number of nitrogens with zero attached hydrogens (tertiary/aromatic N) is 2. The van der Waals surface area contributed by atoms with Crippen LogP contribution in [0.4, 0.5) is 17.1 Å². The second-order valence-electron chi connectivity index (χ2n) is 5.46. The molecule has 0 fully saturated rings. The van der Waals surface area contributed by atoms with Gasteiger partial charge in [0.1, 0.15) is 11.3 Å². The fourth-order valence-electron chi connectivity index (χ4n) is 2.32. The number of halogens is 1. The van der Waals surface area contributed by atoms with Crippen LogP contribution < -0.4 is 10.1 Å². The van der Waals surface area contributed by atoms with Gasteiger partial charge in [0.25, 0.3) is 17.3 Å². The Morgan fingerprint density at radius 2 is 1.66 bits per heavy atom. The second-order valence-corrected chi connectivity index (χ2v) is 5.87. The van der Waals surface area contributed by atoms with Gasteiger partial charge in [0.2, 0.25) is 0 Å². The topological polar surface area (TPSA) is 151 Å². The lowest BCUT2D eigenvalue weighted by Gasteiger charge is -2.13. The van der Waals surface area contributed by atoms with E-state index in [1.807, 2.05) is 0 Å². The highest BCUT2D eigenvalue weighted by Gasteiger charge is 2.22. The summed E-state index contributed by atoms with van der Waals surface area (Å²) >= 11 is 6.10. The standard InChI is InChI=1S/C17H14ClN3O8/c1-3-29-17(23)12-7-13(18)14(8-15(12)28-2)19-16(22)9-4-10(20(24)25)6-11(5-9)21(26)27/h4-8H,3H2,1-2H3,(H,19,22). The van der Waals surface area contributed by atoms with Gasteiger partial charge in [-0.15, -0.1) is 0 Å². The number of esters is 1. The van der Waals surface area contributed by atoms with Crippen molar-refractivity contribution in [2.75, 3.05) is 19.0 Å². The molecule has 1 amide bonds. The summed E-state index contributed by atoms with van der Waals surface area (Å²) in [5, 5.41) is 24.3. The Morgan fingerprint density at radius 1 is 1.07 bits per heavy atom. The largest absolute Gasteiger partial charge is 0.496 e. The van der Waals surface area contributed by atoms with Gasteiger partial charge in [-0.1, -0.05) is 11.6 Å². The summed E-state index contributed by atoms with van der Waals surface area (Å²) in [4.78, 5) is 44.7. The number of rotatable bonds is 7. The first-order valence-electron chi connectivity index (χ1n) is 7.97. The monoisotopic (exact) mass is 423 g/mol. The van der Waals surface area contributed by atoms with E-state index in [-0.39, 0.29) is 34.2 Å². The number of amides is 1. The quantitative estimate of drug-likeness (QED) is 0.403. The average Bonchev–Trinajstić information content (AvgIpc) is 2.68. The van der Waals surface area contributed by atoms with Crippen molar-refractivity contribution in [3.63, 3.8) is 0 Å². The summed E-state index contributed by atoms with van der Waals surface area (Å²) in [5.74, 6) is -1.50. The minimum absolute atomic E-state index is 0.0238. The van der Waals surface area contributed by atoms with Crippen molar-refractivity contribution in [1.29, 1.82) is 0 Å². The molecule has 2 aromatic rings. The number of carbonyl (C=O) groups excluding carboxylic acids is 2. The molecule has 0 unspecified atom stereocenters. The Kier molecular flexibility index (Phi) is 6.67. The lowest BCUT2D eigenvalue weighted by molar-refractivity contribution is -0.394. The van der Waals surface area contributed by atoms with Gasteiger partial charge in [-0.05, 0) is 13.0 Å². The molecule has 0 aromatic heterocycles. The first-order chi connectivity index (χ1) is 13.7. The fourth-order valence-corrected chi connectivity index (χ4v) is 2.53. The molecule has 0 aliphatic carbocycles. The Balaban J connectivity index is 2.41. The van der Waals surface area contributed by atoms with E-state index in [4.69, 9.17) is 21.1 Å². The number of benzene rings is 2. The van der Waals surface area contributed by atoms with Crippen LogP contribution in [0.15, 0.2) is 30.3 Å². The van der Waals surface area contributed by atoms with Gasteiger partial charge < -0.3 is 14.8 Å². The predicted molar refractivity (Wildman–Crippen MR) is 102 cm³/mol. The molecular weight excluding hydrogens is 410 g/mol. The van der Waals surface area contributed by atoms with Gasteiger partial charge in [0.05, 0.1) is 45.9 Å². The molecule has 11 nitrogen and oxygen atoms in total. The molecule has 0 heterocycles. The number of nitro groups is 2. The van der Waals surface area contributed by atoms with Crippen LogP contribution in [0.25, 0.3) is 0 Å². The molecule has 29 heavy (non-hydrogen) atoms. The van der Waals surface area contributed by atoms with Gasteiger partial charge in [-0.25, -0.2) is 4.79 Å². The Morgan fingerprint density at radius 3 is 2.14 bits per heavy atom. The molecule has 2 aromatic carbocycles. The van der Waals surface area contributed by atoms with Gasteiger partial charge in [-0.2, -0.15) is 0 Å². The van der Waals surface area contributed by atoms with E-state index in [0.717, 1.165) is 18.2 Å². The van der Waals surface area contributed by atoms with E-state index >= 15 is 0 Å². The SMILES string of the molecule is CCOC(=O)c1cc(Cl)c(NC(=O)c2cc([N+](=O)[O-])cc([N+](=O)[O-])c2)cc1OC. The molecule has 0 atom stereocenters. The first-order valence-corrected chi connectivity index (χ1v) is 8.35. The molecule has 1 N–H and O–H groups in total. The summed E-state index contributed by atoms with van der Waals surface area (Å²) < 4.78 is 10.0. The molecular formula is C17H14ClN3O8. The zero-order valence-electron chi connectivity index (χ0n) is 15.1. The maximum absolute atomic E-state index is 12.5. The molecule has 152 valence electrons. The zero-order chi connectivity index (χ0) is 21.7. The van der Waals surface area contributed by atoms with Crippen LogP contribution in [-0.4, -0.2) is 35.4 Å². The third-order valence-electron chi connectivity index (χ3n) is 3.62. The molecule has 2 rings (SSSR count). The van der Waals surface area contributed by atoms with Gasteiger partial charge >= 0.3 is 5.97 Å². The zero-order valence-corrected chi connectivity index (χ0v) is 15.9. The van der Waals surface area contributed by atoms with E-state index in [1.165, 1.54) is 19.2 Å². The van der Waals surface area contributed by atoms with Crippen LogP contribution >= 0.6 is 11.6 Å². The lowest BCUT2D eigenvalue weighted by atomic mass is 10.1. The van der Waals surface area contributed by atoms with Gasteiger partial charge in [0, 0.05) is 18.2 Å². The average molecular weight is 424 g/mol. The molecule has 0 bridgehead atoms. The third-order valence-corrected chi connectivity index (χ3v) is 3.93. The molecule has 0 saturated carbocycles. The smallest absolute Gasteiger partial charge is 0.341 e. The molecule has 0 aliphatic heterocycles. The highest BCUT2D eigenvalue weighted by atomic mass is 35.5. The summed E-state index contributed by atoms with van der Waals surface area (Å²) in [7, 11) is 1.29. The third kappa shape index (κ3) is 4.96. The van der Waals surface area contributed by atoms with Gasteiger partial charge in [0.15, 0.2) is 0 Å². The maximum atomic E-state index is 12.5. The van der Waals surface area contributed by atoms with Crippen LogP contribution in [0.1, 0.15) is 27.6 Å². The van der Waals surface area contributed by atoms with Crippen molar-refractivity contribution in [1.82, 2.24) is 0 Å². The summed E-state index contributed by atoms with van der Waals surface area (Å²) in [6, 6.07) is 5.00. The second kappa shape index (κ2) is 8.97. The maximum Gasteiger partial charge on any atom is 0.341 e. The van der Waals surface area contributed by atoms with Crippen molar-refractivity contribution < 1.29 is 28.9 Å². The number of nitro benzene ring substituents is 2. The van der Waals surface area contributed by atoms with Crippen molar-refractivity contribution in [2.45, 2.75) is 6.92 Å². The Bertz CT molecular complexity index is 976. The minimum Gasteiger partial charge on any atom is -0.496 e. The number of carbonyl (C=O) groups is 2. The molecule has 0 spiro atoms. The van der Waals surface area contributed by atoms with E-state index < -0.39 is 33.1 Å². The number of nitrogens with one attached hydrogen (secondary N) is 1. The molecule has 0 radical (unpaired) electrons. The highest BCUT2D eigenvalue weighted by Crippen LogP contribution is 2.32. The number of hydrogen-bond acceptors (Lipinski definition) is 8. The Hall–Kier alpha value is -3.73. The normalized spacial score (nSPS) is 10.2. The van der Waals surface area contributed by atoms with Crippen molar-refractivity contribution >= 4 is 40.5 Å². The number of ether oxygens (including phenoxy) is 2. The highest BCUT2D eigenvalue weighted by molar-refractivity contribution is 6.34. The minimum atomic E-state index is -0.885. The van der Waals surface area contributed by atoms with Crippen molar-refractivity contribution in [2.24, 2.45) is 0 Å². The van der Waals surface area contributed by atoms with Crippen LogP contribution in [0.5, 0.6) is 5.75 Å². The molecule has 0 saturated heterocycles. The summed E-state index contributed by atoms with van der Waals surface area (Å²) in [6.45, 7) is 1.75. The number of anilines is 1. The molecule has 12 heteroatoms. The van der Waals surface area contributed by atoms with Crippen LogP contribution in [0, 0.1) is 20.2 Å². The lowest BCUT2D eigenvalue weighted by Crippen LogP contribution is -2.14. The van der Waals surface area contributed by atoms with E-state index in [0.29, 0.717) is 0 Å². The van der Waals surface area contributed by atoms with E-state index in [9.17, 15) is 29.8 Å². The Labute approximate surface area is 168 Å².